The van der Waals surface area contributed by atoms with E-state index < -0.39 is 6.10 Å². The largest absolute Gasteiger partial charge is 0.491 e. The highest BCUT2D eigenvalue weighted by atomic mass is 16.5. The van der Waals surface area contributed by atoms with E-state index in [1.165, 1.54) is 0 Å². The SMILES string of the molecule is NC(=O)C12CC3CC(C1)C(NC(=O)[C@H]1CN(Cc4ccc(OCCO)cc4)CCO1)C(C3)C2. The minimum absolute atomic E-state index is 0.00602. The van der Waals surface area contributed by atoms with Crippen molar-refractivity contribution in [1.82, 2.24) is 10.2 Å². The molecule has 4 saturated carbocycles. The third kappa shape index (κ3) is 4.61. The summed E-state index contributed by atoms with van der Waals surface area (Å²) >= 11 is 0. The van der Waals surface area contributed by atoms with Crippen LogP contribution in [0, 0.1) is 23.2 Å². The van der Waals surface area contributed by atoms with Gasteiger partial charge in [0.1, 0.15) is 18.5 Å². The van der Waals surface area contributed by atoms with Crippen LogP contribution in [0.15, 0.2) is 24.3 Å². The maximum atomic E-state index is 13.2. The molecule has 33 heavy (non-hydrogen) atoms. The van der Waals surface area contributed by atoms with E-state index in [0.717, 1.165) is 56.5 Å². The normalized spacial score (nSPS) is 35.4. The Morgan fingerprint density at radius 3 is 2.58 bits per heavy atom. The first-order chi connectivity index (χ1) is 16.0. The monoisotopic (exact) mass is 457 g/mol. The molecule has 0 spiro atoms. The summed E-state index contributed by atoms with van der Waals surface area (Å²) in [5.74, 6) is 1.83. The molecule has 1 aliphatic heterocycles. The average Bonchev–Trinajstić information content (AvgIpc) is 2.80. The lowest BCUT2D eigenvalue weighted by molar-refractivity contribution is -0.151. The summed E-state index contributed by atoms with van der Waals surface area (Å²) in [6.45, 7) is 2.89. The third-order valence-electron chi connectivity index (χ3n) is 8.24. The van der Waals surface area contributed by atoms with Gasteiger partial charge in [-0.25, -0.2) is 0 Å². The van der Waals surface area contributed by atoms with Crippen molar-refractivity contribution in [1.29, 1.82) is 0 Å². The second kappa shape index (κ2) is 9.24. The van der Waals surface area contributed by atoms with E-state index in [1.54, 1.807) is 0 Å². The van der Waals surface area contributed by atoms with E-state index in [-0.39, 0.29) is 36.5 Å². The molecular weight excluding hydrogens is 422 g/mol. The Morgan fingerprint density at radius 2 is 1.91 bits per heavy atom. The number of aliphatic hydroxyl groups excluding tert-OH is 1. The fourth-order valence-electron chi connectivity index (χ4n) is 6.94. The lowest BCUT2D eigenvalue weighted by atomic mass is 9.47. The number of carbonyl (C=O) groups excluding carboxylic acids is 2. The van der Waals surface area contributed by atoms with Gasteiger partial charge in [0.05, 0.1) is 13.2 Å². The third-order valence-corrected chi connectivity index (χ3v) is 8.24. The van der Waals surface area contributed by atoms with Crippen LogP contribution in [0.25, 0.3) is 0 Å². The van der Waals surface area contributed by atoms with Crippen LogP contribution in [0.2, 0.25) is 0 Å². The Balaban J connectivity index is 1.16. The van der Waals surface area contributed by atoms with Gasteiger partial charge in [0, 0.05) is 31.1 Å². The van der Waals surface area contributed by atoms with Crippen molar-refractivity contribution in [3.05, 3.63) is 29.8 Å². The van der Waals surface area contributed by atoms with Crippen LogP contribution in [-0.4, -0.2) is 66.9 Å². The molecule has 2 amide bonds. The van der Waals surface area contributed by atoms with E-state index >= 15 is 0 Å². The van der Waals surface area contributed by atoms with Gasteiger partial charge in [0.2, 0.25) is 5.91 Å². The number of carbonyl (C=O) groups is 2. The lowest BCUT2D eigenvalue weighted by Gasteiger charge is -2.59. The van der Waals surface area contributed by atoms with Crippen molar-refractivity contribution in [2.24, 2.45) is 28.9 Å². The molecule has 0 aromatic heterocycles. The molecular formula is C25H35N3O5. The molecule has 4 aliphatic carbocycles. The summed E-state index contributed by atoms with van der Waals surface area (Å²) in [6.07, 6.45) is 4.27. The van der Waals surface area contributed by atoms with Crippen LogP contribution in [0.4, 0.5) is 0 Å². The topological polar surface area (TPSA) is 114 Å². The number of rotatable bonds is 8. The Labute approximate surface area is 194 Å². The van der Waals surface area contributed by atoms with Crippen molar-refractivity contribution < 1.29 is 24.2 Å². The van der Waals surface area contributed by atoms with Gasteiger partial charge in [-0.2, -0.15) is 0 Å². The molecule has 4 bridgehead atoms. The van der Waals surface area contributed by atoms with E-state index in [4.69, 9.17) is 20.3 Å². The van der Waals surface area contributed by atoms with Crippen LogP contribution < -0.4 is 15.8 Å². The van der Waals surface area contributed by atoms with Crippen LogP contribution in [0.1, 0.15) is 37.7 Å². The summed E-state index contributed by atoms with van der Waals surface area (Å²) in [5, 5.41) is 12.2. The molecule has 3 atom stereocenters. The molecule has 6 rings (SSSR count). The smallest absolute Gasteiger partial charge is 0.250 e. The zero-order valence-electron chi connectivity index (χ0n) is 19.1. The van der Waals surface area contributed by atoms with Gasteiger partial charge < -0.3 is 25.6 Å². The predicted molar refractivity (Wildman–Crippen MR) is 121 cm³/mol. The summed E-state index contributed by atoms with van der Waals surface area (Å²) in [6, 6.07) is 7.97. The van der Waals surface area contributed by atoms with Gasteiger partial charge in [-0.1, -0.05) is 12.1 Å². The number of nitrogens with two attached hydrogens (primary N) is 1. The molecule has 8 heteroatoms. The van der Waals surface area contributed by atoms with Gasteiger partial charge >= 0.3 is 0 Å². The zero-order valence-corrected chi connectivity index (χ0v) is 19.1. The first-order valence-electron chi connectivity index (χ1n) is 12.2. The molecule has 8 nitrogen and oxygen atoms in total. The van der Waals surface area contributed by atoms with Crippen molar-refractivity contribution in [3.8, 4) is 5.75 Å². The van der Waals surface area contributed by atoms with E-state index in [0.29, 0.717) is 30.9 Å². The standard InChI is InChI=1S/C25H35N3O5/c26-24(31)25-11-17-9-18(12-25)22(19(10-17)13-25)27-23(30)21-15-28(5-7-33-21)14-16-1-3-20(4-2-16)32-8-6-29/h1-4,17-19,21-22,29H,5-15H2,(H2,26,31)(H,27,30)/t17?,18?,19?,21-,22?,25?/m1/s1. The van der Waals surface area contributed by atoms with Crippen LogP contribution >= 0.6 is 0 Å². The highest BCUT2D eigenvalue weighted by Gasteiger charge is 2.58. The number of nitrogens with one attached hydrogen (secondary N) is 1. The molecule has 1 aromatic rings. The van der Waals surface area contributed by atoms with Crippen LogP contribution in [-0.2, 0) is 20.9 Å². The molecule has 2 unspecified atom stereocenters. The quantitative estimate of drug-likeness (QED) is 0.538. The van der Waals surface area contributed by atoms with Gasteiger partial charge in [-0.15, -0.1) is 0 Å². The van der Waals surface area contributed by atoms with E-state index in [9.17, 15) is 9.59 Å². The number of morpholine rings is 1. The molecule has 1 aromatic carbocycles. The molecule has 1 heterocycles. The number of benzene rings is 1. The first-order valence-corrected chi connectivity index (χ1v) is 12.2. The maximum Gasteiger partial charge on any atom is 0.250 e. The first kappa shape index (κ1) is 22.6. The van der Waals surface area contributed by atoms with E-state index in [1.807, 2.05) is 24.3 Å². The van der Waals surface area contributed by atoms with Gasteiger partial charge in [0.15, 0.2) is 0 Å². The molecule has 180 valence electrons. The fourth-order valence-corrected chi connectivity index (χ4v) is 6.94. The highest BCUT2D eigenvalue weighted by molar-refractivity contribution is 5.83. The van der Waals surface area contributed by atoms with Crippen molar-refractivity contribution in [2.75, 3.05) is 32.9 Å². The lowest BCUT2D eigenvalue weighted by Crippen LogP contribution is -2.63. The van der Waals surface area contributed by atoms with Crippen molar-refractivity contribution in [3.63, 3.8) is 0 Å². The van der Waals surface area contributed by atoms with Gasteiger partial charge in [0.25, 0.3) is 5.91 Å². The minimum Gasteiger partial charge on any atom is -0.491 e. The zero-order chi connectivity index (χ0) is 23.0. The second-order valence-corrected chi connectivity index (χ2v) is 10.5. The molecule has 5 aliphatic rings. The molecule has 4 N–H and O–H groups in total. The van der Waals surface area contributed by atoms with Gasteiger partial charge in [-0.3, -0.25) is 14.5 Å². The van der Waals surface area contributed by atoms with Crippen molar-refractivity contribution in [2.45, 2.75) is 50.8 Å². The Morgan fingerprint density at radius 1 is 1.18 bits per heavy atom. The second-order valence-electron chi connectivity index (χ2n) is 10.5. The summed E-state index contributed by atoms with van der Waals surface area (Å²) in [4.78, 5) is 27.6. The maximum absolute atomic E-state index is 13.2. The number of amides is 2. The van der Waals surface area contributed by atoms with E-state index in [2.05, 4.69) is 10.2 Å². The fraction of sp³-hybridized carbons (Fsp3) is 0.680. The Bertz CT molecular complexity index is 859. The van der Waals surface area contributed by atoms with Crippen molar-refractivity contribution >= 4 is 11.8 Å². The molecule has 1 saturated heterocycles. The Kier molecular flexibility index (Phi) is 6.33. The van der Waals surface area contributed by atoms with Gasteiger partial charge in [-0.05, 0) is 67.6 Å². The van der Waals surface area contributed by atoms with Crippen LogP contribution in [0.3, 0.4) is 0 Å². The number of hydrogen-bond acceptors (Lipinski definition) is 6. The minimum atomic E-state index is -0.479. The number of ether oxygens (including phenoxy) is 2. The predicted octanol–water partition coefficient (Wildman–Crippen LogP) is 1.05. The summed E-state index contributed by atoms with van der Waals surface area (Å²) < 4.78 is 11.3. The number of primary amides is 1. The number of aliphatic hydroxyl groups is 1. The Hall–Kier alpha value is -2.16. The molecule has 5 fully saturated rings. The summed E-state index contributed by atoms with van der Waals surface area (Å²) in [5.41, 5.74) is 6.60. The molecule has 0 radical (unpaired) electrons. The summed E-state index contributed by atoms with van der Waals surface area (Å²) in [7, 11) is 0. The van der Waals surface area contributed by atoms with Crippen LogP contribution in [0.5, 0.6) is 5.75 Å². The average molecular weight is 458 g/mol. The number of nitrogens with zero attached hydrogens (tertiary/aromatic N) is 1. The highest BCUT2D eigenvalue weighted by Crippen LogP contribution is 2.59. The number of hydrogen-bond donors (Lipinski definition) is 3.